The van der Waals surface area contributed by atoms with Crippen LogP contribution < -0.4 is 0 Å². The second-order valence-corrected chi connectivity index (χ2v) is 5.87. The lowest BCUT2D eigenvalue weighted by Crippen LogP contribution is -2.45. The fourth-order valence-electron chi connectivity index (χ4n) is 2.60. The van der Waals surface area contributed by atoms with Crippen molar-refractivity contribution < 1.29 is 19.8 Å². The van der Waals surface area contributed by atoms with Crippen molar-refractivity contribution in [1.29, 1.82) is 0 Å². The molecule has 0 unspecified atom stereocenters. The molecule has 0 amide bonds. The maximum absolute atomic E-state index is 9.10. The Hall–Kier alpha value is -2.84. The molecule has 0 saturated carbocycles. The number of rotatable bonds is 4. The average Bonchev–Trinajstić information content (AvgIpc) is 2.65. The summed E-state index contributed by atoms with van der Waals surface area (Å²) in [5, 5.41) is 14.8. The van der Waals surface area contributed by atoms with Gasteiger partial charge in [-0.05, 0) is 35.4 Å². The molecule has 2 aromatic rings. The molecule has 2 aromatic heterocycles. The van der Waals surface area contributed by atoms with Gasteiger partial charge in [0.25, 0.3) is 0 Å². The van der Waals surface area contributed by atoms with Gasteiger partial charge in [-0.2, -0.15) is 0 Å². The van der Waals surface area contributed by atoms with Gasteiger partial charge in [-0.3, -0.25) is 19.8 Å². The third-order valence-corrected chi connectivity index (χ3v) is 3.96. The average molecular weight is 358 g/mol. The van der Waals surface area contributed by atoms with E-state index in [0.29, 0.717) is 0 Å². The first kappa shape index (κ1) is 19.5. The summed E-state index contributed by atoms with van der Waals surface area (Å²) in [6, 6.07) is 8.40. The maximum Gasteiger partial charge on any atom is 0.414 e. The van der Waals surface area contributed by atoms with Crippen molar-refractivity contribution in [2.75, 3.05) is 26.2 Å². The smallest absolute Gasteiger partial charge is 0.414 e. The Morgan fingerprint density at radius 2 is 1.04 bits per heavy atom. The minimum absolute atomic E-state index is 1.03. The highest BCUT2D eigenvalue weighted by Gasteiger charge is 2.16. The minimum atomic E-state index is -1.82. The third kappa shape index (κ3) is 6.96. The molecule has 0 radical (unpaired) electrons. The highest BCUT2D eigenvalue weighted by molar-refractivity contribution is 6.27. The van der Waals surface area contributed by atoms with Crippen LogP contribution in [0.2, 0.25) is 0 Å². The molecule has 0 aliphatic carbocycles. The van der Waals surface area contributed by atoms with Crippen LogP contribution in [-0.4, -0.2) is 68.1 Å². The summed E-state index contributed by atoms with van der Waals surface area (Å²) in [5.41, 5.74) is 2.70. The van der Waals surface area contributed by atoms with E-state index in [-0.39, 0.29) is 0 Å². The molecule has 0 aromatic carbocycles. The molecule has 1 aliphatic heterocycles. The monoisotopic (exact) mass is 358 g/mol. The molecule has 3 rings (SSSR count). The molecule has 0 spiro atoms. The second kappa shape index (κ2) is 10.2. The van der Waals surface area contributed by atoms with Crippen molar-refractivity contribution in [2.45, 2.75) is 13.1 Å². The van der Waals surface area contributed by atoms with Crippen LogP contribution in [0, 0.1) is 0 Å². The molecule has 138 valence electrons. The Bertz CT molecular complexity index is 627. The Morgan fingerprint density at radius 1 is 0.731 bits per heavy atom. The van der Waals surface area contributed by atoms with Crippen molar-refractivity contribution in [3.05, 3.63) is 60.2 Å². The van der Waals surface area contributed by atoms with Gasteiger partial charge in [0.05, 0.1) is 0 Å². The molecule has 3 heterocycles. The summed E-state index contributed by atoms with van der Waals surface area (Å²) in [5.74, 6) is -3.65. The lowest BCUT2D eigenvalue weighted by molar-refractivity contribution is -0.159. The van der Waals surface area contributed by atoms with Crippen molar-refractivity contribution in [3.8, 4) is 0 Å². The normalized spacial score (nSPS) is 14.9. The molecule has 1 saturated heterocycles. The van der Waals surface area contributed by atoms with Crippen molar-refractivity contribution in [3.63, 3.8) is 0 Å². The van der Waals surface area contributed by atoms with Crippen LogP contribution in [0.3, 0.4) is 0 Å². The van der Waals surface area contributed by atoms with E-state index < -0.39 is 11.9 Å². The van der Waals surface area contributed by atoms with Crippen molar-refractivity contribution in [2.24, 2.45) is 0 Å². The number of carboxylic acid groups (broad SMARTS) is 2. The van der Waals surface area contributed by atoms with Gasteiger partial charge >= 0.3 is 11.9 Å². The van der Waals surface area contributed by atoms with Gasteiger partial charge in [0, 0.05) is 64.1 Å². The largest absolute Gasteiger partial charge is 0.473 e. The topological polar surface area (TPSA) is 107 Å². The zero-order chi connectivity index (χ0) is 18.8. The molecule has 1 fully saturated rings. The van der Waals surface area contributed by atoms with Gasteiger partial charge in [-0.15, -0.1) is 0 Å². The number of carboxylic acids is 2. The molecule has 8 nitrogen and oxygen atoms in total. The van der Waals surface area contributed by atoms with Crippen LogP contribution in [0.5, 0.6) is 0 Å². The maximum atomic E-state index is 9.10. The van der Waals surface area contributed by atoms with Crippen LogP contribution >= 0.6 is 0 Å². The highest BCUT2D eigenvalue weighted by Crippen LogP contribution is 2.10. The molecule has 2 N–H and O–H groups in total. The minimum Gasteiger partial charge on any atom is -0.473 e. The summed E-state index contributed by atoms with van der Waals surface area (Å²) >= 11 is 0. The fourth-order valence-corrected chi connectivity index (χ4v) is 2.60. The predicted molar refractivity (Wildman–Crippen MR) is 94.3 cm³/mol. The van der Waals surface area contributed by atoms with Gasteiger partial charge < -0.3 is 10.2 Å². The zero-order valence-corrected chi connectivity index (χ0v) is 14.4. The Balaban J connectivity index is 0.000000352. The van der Waals surface area contributed by atoms with E-state index in [1.807, 2.05) is 24.8 Å². The van der Waals surface area contributed by atoms with Gasteiger partial charge in [-0.25, -0.2) is 9.59 Å². The van der Waals surface area contributed by atoms with Crippen LogP contribution in [0.1, 0.15) is 11.1 Å². The number of aliphatic carboxylic acids is 2. The fraction of sp³-hybridized carbons (Fsp3) is 0.333. The lowest BCUT2D eigenvalue weighted by atomic mass is 10.2. The number of aromatic nitrogens is 2. The Morgan fingerprint density at radius 3 is 1.31 bits per heavy atom. The zero-order valence-electron chi connectivity index (χ0n) is 14.4. The number of hydrogen-bond acceptors (Lipinski definition) is 6. The van der Waals surface area contributed by atoms with Crippen LogP contribution in [0.25, 0.3) is 0 Å². The first-order valence-electron chi connectivity index (χ1n) is 8.23. The molecule has 0 bridgehead atoms. The Kier molecular flexibility index (Phi) is 7.66. The summed E-state index contributed by atoms with van der Waals surface area (Å²) in [6.07, 6.45) is 7.48. The summed E-state index contributed by atoms with van der Waals surface area (Å²) in [6.45, 7) is 6.60. The van der Waals surface area contributed by atoms with E-state index in [0.717, 1.165) is 39.3 Å². The number of hydrogen-bond donors (Lipinski definition) is 2. The van der Waals surface area contributed by atoms with E-state index >= 15 is 0 Å². The van der Waals surface area contributed by atoms with E-state index in [1.165, 1.54) is 11.1 Å². The van der Waals surface area contributed by atoms with Crippen LogP contribution in [0.15, 0.2) is 49.1 Å². The van der Waals surface area contributed by atoms with Gasteiger partial charge in [-0.1, -0.05) is 0 Å². The molecular weight excluding hydrogens is 336 g/mol. The summed E-state index contributed by atoms with van der Waals surface area (Å²) < 4.78 is 0. The predicted octanol–water partition coefficient (Wildman–Crippen LogP) is 0.950. The molecule has 0 atom stereocenters. The van der Waals surface area contributed by atoms with Crippen molar-refractivity contribution >= 4 is 11.9 Å². The molecule has 26 heavy (non-hydrogen) atoms. The number of piperazine rings is 1. The first-order chi connectivity index (χ1) is 12.5. The van der Waals surface area contributed by atoms with Crippen LogP contribution in [-0.2, 0) is 22.7 Å². The highest BCUT2D eigenvalue weighted by atomic mass is 16.4. The number of carbonyl (C=O) groups is 2. The summed E-state index contributed by atoms with van der Waals surface area (Å²) in [4.78, 5) is 31.4. The SMILES string of the molecule is O=C(O)C(=O)O.c1cc(CN2CCN(Cc3ccncc3)CC2)ccn1. The third-order valence-electron chi connectivity index (χ3n) is 3.96. The number of nitrogens with zero attached hydrogens (tertiary/aromatic N) is 4. The van der Waals surface area contributed by atoms with E-state index in [1.54, 1.807) is 0 Å². The van der Waals surface area contributed by atoms with E-state index in [9.17, 15) is 0 Å². The Labute approximate surface area is 151 Å². The van der Waals surface area contributed by atoms with Gasteiger partial charge in [0.15, 0.2) is 0 Å². The standard InChI is InChI=1S/C16H20N4.C2H2O4/c1-5-17-6-2-15(1)13-19-9-11-20(12-10-19)14-16-3-7-18-8-4-16;3-1(4)2(5)6/h1-8H,9-14H2;(H,3,4)(H,5,6). The lowest BCUT2D eigenvalue weighted by Gasteiger charge is -2.34. The molecule has 8 heteroatoms. The number of pyridine rings is 2. The van der Waals surface area contributed by atoms with E-state index in [4.69, 9.17) is 19.8 Å². The van der Waals surface area contributed by atoms with Crippen molar-refractivity contribution in [1.82, 2.24) is 19.8 Å². The van der Waals surface area contributed by atoms with E-state index in [2.05, 4.69) is 44.0 Å². The summed E-state index contributed by atoms with van der Waals surface area (Å²) in [7, 11) is 0. The van der Waals surface area contributed by atoms with Gasteiger partial charge in [0.2, 0.25) is 0 Å². The first-order valence-corrected chi connectivity index (χ1v) is 8.23. The quantitative estimate of drug-likeness (QED) is 0.778. The molecule has 1 aliphatic rings. The van der Waals surface area contributed by atoms with Gasteiger partial charge in [0.1, 0.15) is 0 Å². The van der Waals surface area contributed by atoms with Crippen LogP contribution in [0.4, 0.5) is 0 Å². The second-order valence-electron chi connectivity index (χ2n) is 5.87. The molecular formula is C18H22N4O4.